The fraction of sp³-hybridized carbons (Fsp3) is 0.190. The third kappa shape index (κ3) is 3.44. The molecule has 8 nitrogen and oxygen atoms in total. The molecule has 156 valence electrons. The SMILES string of the molecule is Cc1cc(C)n2nc(C(=O)NCc3sc4nc(-c5ccc(F)cc5)cn4c3C)nc2n1. The molecule has 0 aliphatic carbocycles. The van der Waals surface area contributed by atoms with Crippen molar-refractivity contribution in [2.75, 3.05) is 0 Å². The number of rotatable bonds is 4. The lowest BCUT2D eigenvalue weighted by Gasteiger charge is -2.02. The number of aryl methyl sites for hydroxylation is 3. The molecule has 0 aliphatic heterocycles. The van der Waals surface area contributed by atoms with Crippen molar-refractivity contribution in [2.45, 2.75) is 27.3 Å². The number of carbonyl (C=O) groups is 1. The van der Waals surface area contributed by atoms with E-state index in [1.165, 1.54) is 23.5 Å². The van der Waals surface area contributed by atoms with E-state index >= 15 is 0 Å². The minimum Gasteiger partial charge on any atom is -0.344 e. The predicted molar refractivity (Wildman–Crippen MR) is 115 cm³/mol. The second-order valence-corrected chi connectivity index (χ2v) is 8.33. The summed E-state index contributed by atoms with van der Waals surface area (Å²) in [7, 11) is 0. The highest BCUT2D eigenvalue weighted by atomic mass is 32.1. The first-order chi connectivity index (χ1) is 14.9. The number of amides is 1. The topological polar surface area (TPSA) is 89.5 Å². The summed E-state index contributed by atoms with van der Waals surface area (Å²) in [5.74, 6) is -0.152. The maximum atomic E-state index is 13.2. The van der Waals surface area contributed by atoms with Crippen LogP contribution in [-0.4, -0.2) is 34.9 Å². The van der Waals surface area contributed by atoms with Crippen LogP contribution in [-0.2, 0) is 6.54 Å². The Labute approximate surface area is 180 Å². The smallest absolute Gasteiger partial charge is 0.291 e. The highest BCUT2D eigenvalue weighted by Crippen LogP contribution is 2.27. The average Bonchev–Trinajstić information content (AvgIpc) is 3.41. The number of nitrogens with zero attached hydrogens (tertiary/aromatic N) is 6. The Balaban J connectivity index is 1.35. The van der Waals surface area contributed by atoms with Gasteiger partial charge in [0, 0.05) is 33.7 Å². The number of thiazole rings is 1. The fourth-order valence-electron chi connectivity index (χ4n) is 3.42. The summed E-state index contributed by atoms with van der Waals surface area (Å²) in [5.41, 5.74) is 4.29. The van der Waals surface area contributed by atoms with Gasteiger partial charge in [-0.25, -0.2) is 18.9 Å². The number of nitrogens with one attached hydrogen (secondary N) is 1. The minimum atomic E-state index is -0.361. The Morgan fingerprint density at radius 2 is 1.90 bits per heavy atom. The van der Waals surface area contributed by atoms with E-state index in [1.807, 2.05) is 37.4 Å². The van der Waals surface area contributed by atoms with Crippen LogP contribution in [0.4, 0.5) is 4.39 Å². The molecule has 0 atom stereocenters. The molecule has 1 aromatic carbocycles. The normalized spacial score (nSPS) is 11.5. The number of fused-ring (bicyclic) bond motifs is 2. The first kappa shape index (κ1) is 19.3. The molecule has 4 aromatic heterocycles. The van der Waals surface area contributed by atoms with Crippen LogP contribution in [0, 0.1) is 26.6 Å². The largest absolute Gasteiger partial charge is 0.344 e. The van der Waals surface area contributed by atoms with E-state index in [4.69, 9.17) is 0 Å². The van der Waals surface area contributed by atoms with E-state index < -0.39 is 0 Å². The van der Waals surface area contributed by atoms with Crippen LogP contribution in [0.3, 0.4) is 0 Å². The lowest BCUT2D eigenvalue weighted by Crippen LogP contribution is -2.24. The number of halogens is 1. The van der Waals surface area contributed by atoms with Gasteiger partial charge in [0.2, 0.25) is 5.82 Å². The number of benzene rings is 1. The molecule has 5 rings (SSSR count). The Bertz CT molecular complexity index is 1450. The van der Waals surface area contributed by atoms with E-state index in [-0.39, 0.29) is 17.5 Å². The van der Waals surface area contributed by atoms with Gasteiger partial charge >= 0.3 is 0 Å². The summed E-state index contributed by atoms with van der Waals surface area (Å²) in [5, 5.41) is 7.14. The van der Waals surface area contributed by atoms with Crippen molar-refractivity contribution in [1.82, 2.24) is 34.3 Å². The maximum Gasteiger partial charge on any atom is 0.291 e. The molecule has 0 unspecified atom stereocenters. The van der Waals surface area contributed by atoms with Gasteiger partial charge in [0.25, 0.3) is 11.7 Å². The van der Waals surface area contributed by atoms with Crippen LogP contribution >= 0.6 is 11.3 Å². The van der Waals surface area contributed by atoms with Crippen LogP contribution in [0.25, 0.3) is 22.0 Å². The second-order valence-electron chi connectivity index (χ2n) is 7.27. The van der Waals surface area contributed by atoms with Gasteiger partial charge in [0.05, 0.1) is 12.2 Å². The highest BCUT2D eigenvalue weighted by Gasteiger charge is 2.17. The zero-order chi connectivity index (χ0) is 21.7. The van der Waals surface area contributed by atoms with E-state index in [1.54, 1.807) is 16.6 Å². The molecule has 5 aromatic rings. The van der Waals surface area contributed by atoms with E-state index in [9.17, 15) is 9.18 Å². The van der Waals surface area contributed by atoms with E-state index in [0.717, 1.165) is 38.2 Å². The number of aromatic nitrogens is 6. The van der Waals surface area contributed by atoms with Crippen LogP contribution in [0.15, 0.2) is 36.5 Å². The number of carbonyl (C=O) groups excluding carboxylic acids is 1. The maximum absolute atomic E-state index is 13.2. The molecule has 4 heterocycles. The molecule has 1 amide bonds. The van der Waals surface area contributed by atoms with Crippen molar-refractivity contribution < 1.29 is 9.18 Å². The zero-order valence-electron chi connectivity index (χ0n) is 17.0. The Kier molecular flexibility index (Phi) is 4.51. The molecule has 31 heavy (non-hydrogen) atoms. The number of hydrogen-bond acceptors (Lipinski definition) is 6. The van der Waals surface area contributed by atoms with Gasteiger partial charge in [-0.15, -0.1) is 5.10 Å². The van der Waals surface area contributed by atoms with Crippen molar-refractivity contribution >= 4 is 28.0 Å². The van der Waals surface area contributed by atoms with Gasteiger partial charge in [-0.3, -0.25) is 9.20 Å². The molecule has 0 bridgehead atoms. The van der Waals surface area contributed by atoms with Crippen molar-refractivity contribution in [2.24, 2.45) is 0 Å². The molecule has 0 saturated carbocycles. The lowest BCUT2D eigenvalue weighted by atomic mass is 10.2. The summed E-state index contributed by atoms with van der Waals surface area (Å²) >= 11 is 1.49. The number of imidazole rings is 1. The molecule has 0 saturated heterocycles. The molecule has 0 spiro atoms. The quantitative estimate of drug-likeness (QED) is 0.467. The monoisotopic (exact) mass is 435 g/mol. The molecule has 0 radical (unpaired) electrons. The van der Waals surface area contributed by atoms with Gasteiger partial charge in [0.1, 0.15) is 5.82 Å². The molecule has 0 aliphatic rings. The van der Waals surface area contributed by atoms with Crippen molar-refractivity contribution in [3.05, 3.63) is 70.1 Å². The minimum absolute atomic E-state index is 0.0822. The Hall–Kier alpha value is -3.66. The molecular formula is C21H18FN7OS. The Morgan fingerprint density at radius 1 is 1.13 bits per heavy atom. The van der Waals surface area contributed by atoms with Crippen LogP contribution in [0.2, 0.25) is 0 Å². The first-order valence-corrected chi connectivity index (χ1v) is 10.4. The standard InChI is InChI=1S/C21H18FN7OS/c1-11-8-12(2)29-20(24-11)26-18(27-29)19(30)23-9-17-13(3)28-10-16(25-21(28)31-17)14-4-6-15(22)7-5-14/h4-8,10H,9H2,1-3H3,(H,23,30). The predicted octanol–water partition coefficient (Wildman–Crippen LogP) is 3.49. The fourth-order valence-corrected chi connectivity index (χ4v) is 4.46. The Morgan fingerprint density at radius 3 is 2.65 bits per heavy atom. The average molecular weight is 435 g/mol. The molecule has 1 N–H and O–H groups in total. The van der Waals surface area contributed by atoms with Crippen molar-refractivity contribution in [3.8, 4) is 11.3 Å². The van der Waals surface area contributed by atoms with Gasteiger partial charge in [-0.05, 0) is 51.1 Å². The summed E-state index contributed by atoms with van der Waals surface area (Å²) < 4.78 is 16.7. The summed E-state index contributed by atoms with van der Waals surface area (Å²) in [6.07, 6.45) is 1.92. The summed E-state index contributed by atoms with van der Waals surface area (Å²) in [6.45, 7) is 6.08. The molecular weight excluding hydrogens is 417 g/mol. The highest BCUT2D eigenvalue weighted by molar-refractivity contribution is 7.17. The van der Waals surface area contributed by atoms with Crippen molar-refractivity contribution in [1.29, 1.82) is 0 Å². The zero-order valence-corrected chi connectivity index (χ0v) is 17.9. The third-order valence-electron chi connectivity index (χ3n) is 5.02. The van der Waals surface area contributed by atoms with E-state index in [0.29, 0.717) is 12.3 Å². The summed E-state index contributed by atoms with van der Waals surface area (Å²) in [6, 6.07) is 8.13. The molecule has 0 fully saturated rings. The third-order valence-corrected chi connectivity index (χ3v) is 6.18. The first-order valence-electron chi connectivity index (χ1n) is 9.61. The van der Waals surface area contributed by atoms with Crippen LogP contribution in [0.5, 0.6) is 0 Å². The summed E-state index contributed by atoms with van der Waals surface area (Å²) in [4.78, 5) is 27.6. The number of hydrogen-bond donors (Lipinski definition) is 1. The second kappa shape index (κ2) is 7.24. The molecule has 10 heteroatoms. The van der Waals surface area contributed by atoms with Gasteiger partial charge in [-0.1, -0.05) is 11.3 Å². The van der Waals surface area contributed by atoms with Gasteiger partial charge in [-0.2, -0.15) is 4.98 Å². The van der Waals surface area contributed by atoms with Gasteiger partial charge in [0.15, 0.2) is 4.96 Å². The van der Waals surface area contributed by atoms with Crippen molar-refractivity contribution in [3.63, 3.8) is 0 Å². The van der Waals surface area contributed by atoms with Crippen LogP contribution < -0.4 is 5.32 Å². The lowest BCUT2D eigenvalue weighted by molar-refractivity contribution is 0.0941. The van der Waals surface area contributed by atoms with Crippen LogP contribution in [0.1, 0.15) is 32.6 Å². The van der Waals surface area contributed by atoms with E-state index in [2.05, 4.69) is 25.4 Å². The van der Waals surface area contributed by atoms with Gasteiger partial charge < -0.3 is 5.32 Å².